The molecule has 0 atom stereocenters. The average Bonchev–Trinajstić information content (AvgIpc) is 3.16. The lowest BCUT2D eigenvalue weighted by Crippen LogP contribution is -2.24. The highest BCUT2D eigenvalue weighted by Crippen LogP contribution is 2.22. The number of aromatic nitrogens is 2. The van der Waals surface area contributed by atoms with Crippen molar-refractivity contribution in [3.05, 3.63) is 65.8 Å². The fraction of sp³-hybridized carbons (Fsp3) is 0.211. The van der Waals surface area contributed by atoms with Crippen molar-refractivity contribution in [2.45, 2.75) is 12.3 Å². The Kier molecular flexibility index (Phi) is 6.43. The number of benzene rings is 2. The number of halogens is 1. The van der Waals surface area contributed by atoms with Gasteiger partial charge in [0.25, 0.3) is 0 Å². The zero-order valence-corrected chi connectivity index (χ0v) is 15.5. The van der Waals surface area contributed by atoms with Crippen LogP contribution in [0.4, 0.5) is 4.39 Å². The Morgan fingerprint density at radius 2 is 2.07 bits per heavy atom. The normalized spacial score (nSPS) is 10.6. The summed E-state index contributed by atoms with van der Waals surface area (Å²) in [6.45, 7) is 0.361. The second kappa shape index (κ2) is 9.18. The third kappa shape index (κ3) is 5.55. The first-order chi connectivity index (χ1) is 13.1. The number of amides is 1. The van der Waals surface area contributed by atoms with Crippen LogP contribution in [0.2, 0.25) is 0 Å². The summed E-state index contributed by atoms with van der Waals surface area (Å²) in [4.78, 5) is 16.2. The number of carbonyl (C=O) groups excluding carboxylic acids is 1. The van der Waals surface area contributed by atoms with Gasteiger partial charge in [-0.25, -0.2) is 4.39 Å². The number of methoxy groups -OCH3 is 1. The predicted molar refractivity (Wildman–Crippen MR) is 101 cm³/mol. The van der Waals surface area contributed by atoms with Crippen molar-refractivity contribution in [2.24, 2.45) is 0 Å². The van der Waals surface area contributed by atoms with E-state index in [9.17, 15) is 9.18 Å². The van der Waals surface area contributed by atoms with Gasteiger partial charge in [0.2, 0.25) is 17.6 Å². The second-order valence-electron chi connectivity index (χ2n) is 5.64. The molecule has 3 rings (SSSR count). The molecule has 0 spiro atoms. The van der Waals surface area contributed by atoms with Gasteiger partial charge in [0.15, 0.2) is 0 Å². The highest BCUT2D eigenvalue weighted by atomic mass is 32.2. The number of hydrogen-bond donors (Lipinski definition) is 1. The van der Waals surface area contributed by atoms with Crippen LogP contribution in [0.15, 0.2) is 53.1 Å². The maximum atomic E-state index is 12.8. The molecule has 2 aromatic carbocycles. The maximum Gasteiger partial charge on any atom is 0.236 e. The summed E-state index contributed by atoms with van der Waals surface area (Å²) in [6.07, 6.45) is 0. The minimum absolute atomic E-state index is 0.114. The van der Waals surface area contributed by atoms with Crippen LogP contribution in [0.5, 0.6) is 5.75 Å². The third-order valence-corrected chi connectivity index (χ3v) is 4.58. The van der Waals surface area contributed by atoms with Crippen molar-refractivity contribution < 1.29 is 18.4 Å². The molecule has 1 N–H and O–H groups in total. The molecule has 0 radical (unpaired) electrons. The minimum atomic E-state index is -0.298. The van der Waals surface area contributed by atoms with Gasteiger partial charge in [0.05, 0.1) is 18.6 Å². The summed E-state index contributed by atoms with van der Waals surface area (Å²) in [6, 6.07) is 13.4. The van der Waals surface area contributed by atoms with Crippen LogP contribution in [0, 0.1) is 5.82 Å². The molecule has 8 heteroatoms. The zero-order valence-electron chi connectivity index (χ0n) is 14.6. The fourth-order valence-corrected chi connectivity index (χ4v) is 2.96. The molecule has 1 aromatic heterocycles. The SMILES string of the molecule is COc1cccc(-c2noc(CSCC(=O)NCc3ccc(F)cc3)n2)c1. The van der Waals surface area contributed by atoms with E-state index in [1.165, 1.54) is 23.9 Å². The molecule has 0 saturated carbocycles. The lowest BCUT2D eigenvalue weighted by molar-refractivity contribution is -0.118. The van der Waals surface area contributed by atoms with E-state index < -0.39 is 0 Å². The molecule has 1 heterocycles. The average molecular weight is 387 g/mol. The number of nitrogens with one attached hydrogen (secondary N) is 1. The Hall–Kier alpha value is -2.87. The minimum Gasteiger partial charge on any atom is -0.497 e. The highest BCUT2D eigenvalue weighted by molar-refractivity contribution is 7.99. The molecule has 0 bridgehead atoms. The Morgan fingerprint density at radius 1 is 1.26 bits per heavy atom. The molecule has 0 aliphatic carbocycles. The van der Waals surface area contributed by atoms with E-state index >= 15 is 0 Å². The molecule has 3 aromatic rings. The quantitative estimate of drug-likeness (QED) is 0.638. The molecule has 27 heavy (non-hydrogen) atoms. The number of ether oxygens (including phenoxy) is 1. The molecule has 1 amide bonds. The number of nitrogens with zero attached hydrogens (tertiary/aromatic N) is 2. The number of carbonyl (C=O) groups is 1. The summed E-state index contributed by atoms with van der Waals surface area (Å²) in [5, 5.41) is 6.74. The number of rotatable bonds is 8. The molecule has 0 fully saturated rings. The van der Waals surface area contributed by atoms with Crippen LogP contribution in [0.3, 0.4) is 0 Å². The topological polar surface area (TPSA) is 77.2 Å². The van der Waals surface area contributed by atoms with Crippen LogP contribution < -0.4 is 10.1 Å². The lowest BCUT2D eigenvalue weighted by atomic mass is 10.2. The largest absolute Gasteiger partial charge is 0.497 e. The Bertz CT molecular complexity index is 899. The van der Waals surface area contributed by atoms with E-state index in [0.717, 1.165) is 11.1 Å². The molecular weight excluding hydrogens is 369 g/mol. The summed E-state index contributed by atoms with van der Waals surface area (Å²) in [5.41, 5.74) is 1.64. The number of hydrogen-bond acceptors (Lipinski definition) is 6. The monoisotopic (exact) mass is 387 g/mol. The Morgan fingerprint density at radius 3 is 2.85 bits per heavy atom. The summed E-state index contributed by atoms with van der Waals surface area (Å²) < 4.78 is 23.3. The van der Waals surface area contributed by atoms with E-state index in [4.69, 9.17) is 9.26 Å². The molecule has 0 aliphatic rings. The molecular formula is C19H18FN3O3S. The van der Waals surface area contributed by atoms with Crippen LogP contribution in [0.25, 0.3) is 11.4 Å². The summed E-state index contributed by atoms with van der Waals surface area (Å²) in [5.74, 6) is 1.92. The van der Waals surface area contributed by atoms with Gasteiger partial charge < -0.3 is 14.6 Å². The maximum absolute atomic E-state index is 12.8. The van der Waals surface area contributed by atoms with Gasteiger partial charge >= 0.3 is 0 Å². The van der Waals surface area contributed by atoms with E-state index in [0.29, 0.717) is 29.8 Å². The first kappa shape index (κ1) is 18.9. The molecule has 0 aliphatic heterocycles. The zero-order chi connectivity index (χ0) is 19.1. The molecule has 0 saturated heterocycles. The van der Waals surface area contributed by atoms with E-state index in [1.807, 2.05) is 24.3 Å². The van der Waals surface area contributed by atoms with Crippen LogP contribution in [-0.4, -0.2) is 28.9 Å². The van der Waals surface area contributed by atoms with Crippen LogP contribution in [-0.2, 0) is 17.1 Å². The first-order valence-electron chi connectivity index (χ1n) is 8.20. The smallest absolute Gasteiger partial charge is 0.236 e. The van der Waals surface area contributed by atoms with Crippen molar-refractivity contribution in [3.63, 3.8) is 0 Å². The van der Waals surface area contributed by atoms with Crippen LogP contribution in [0.1, 0.15) is 11.5 Å². The lowest BCUT2D eigenvalue weighted by Gasteiger charge is -2.04. The first-order valence-corrected chi connectivity index (χ1v) is 9.35. The van der Waals surface area contributed by atoms with Gasteiger partial charge in [-0.05, 0) is 29.8 Å². The molecule has 6 nitrogen and oxygen atoms in total. The second-order valence-corrected chi connectivity index (χ2v) is 6.63. The standard InChI is InChI=1S/C19H18FN3O3S/c1-25-16-4-2-3-14(9-16)19-22-18(26-23-19)12-27-11-17(24)21-10-13-5-7-15(20)8-6-13/h2-9H,10-12H2,1H3,(H,21,24). The Balaban J connectivity index is 1.44. The van der Waals surface area contributed by atoms with Crippen molar-refractivity contribution in [3.8, 4) is 17.1 Å². The van der Waals surface area contributed by atoms with Gasteiger partial charge in [-0.15, -0.1) is 11.8 Å². The van der Waals surface area contributed by atoms with Crippen molar-refractivity contribution in [1.29, 1.82) is 0 Å². The van der Waals surface area contributed by atoms with Crippen molar-refractivity contribution in [2.75, 3.05) is 12.9 Å². The summed E-state index contributed by atoms with van der Waals surface area (Å²) in [7, 11) is 1.60. The van der Waals surface area contributed by atoms with Gasteiger partial charge in [-0.2, -0.15) is 4.98 Å². The van der Waals surface area contributed by atoms with Gasteiger partial charge in [-0.1, -0.05) is 29.4 Å². The molecule has 0 unspecified atom stereocenters. The van der Waals surface area contributed by atoms with Crippen molar-refractivity contribution >= 4 is 17.7 Å². The fourth-order valence-electron chi connectivity index (χ4n) is 2.28. The van der Waals surface area contributed by atoms with Gasteiger partial charge in [-0.3, -0.25) is 4.79 Å². The van der Waals surface area contributed by atoms with E-state index in [-0.39, 0.29) is 17.5 Å². The van der Waals surface area contributed by atoms with E-state index in [2.05, 4.69) is 15.5 Å². The molecule has 140 valence electrons. The van der Waals surface area contributed by atoms with Crippen LogP contribution >= 0.6 is 11.8 Å². The summed E-state index contributed by atoms with van der Waals surface area (Å²) >= 11 is 1.38. The van der Waals surface area contributed by atoms with Gasteiger partial charge in [0.1, 0.15) is 11.6 Å². The Labute approximate surface area is 160 Å². The van der Waals surface area contributed by atoms with Gasteiger partial charge in [0, 0.05) is 12.1 Å². The van der Waals surface area contributed by atoms with E-state index in [1.54, 1.807) is 19.2 Å². The third-order valence-electron chi connectivity index (χ3n) is 3.66. The number of thioether (sulfide) groups is 1. The predicted octanol–water partition coefficient (Wildman–Crippen LogP) is 3.43. The highest BCUT2D eigenvalue weighted by Gasteiger charge is 2.10. The van der Waals surface area contributed by atoms with Crippen molar-refractivity contribution in [1.82, 2.24) is 15.5 Å².